The second-order valence-electron chi connectivity index (χ2n) is 3.14. The van der Waals surface area contributed by atoms with Crippen LogP contribution in [-0.2, 0) is 0 Å². The number of anilines is 2. The van der Waals surface area contributed by atoms with Crippen molar-refractivity contribution in [2.24, 2.45) is 0 Å². The Hall–Kier alpha value is -2.05. The topological polar surface area (TPSA) is 48.7 Å². The molecule has 0 aliphatic rings. The molecule has 0 amide bonds. The fourth-order valence-electron chi connectivity index (χ4n) is 1.33. The third-order valence-electron chi connectivity index (χ3n) is 2.07. The van der Waals surface area contributed by atoms with Crippen LogP contribution < -0.4 is 5.32 Å². The van der Waals surface area contributed by atoms with Gasteiger partial charge in [-0.2, -0.15) is 5.26 Å². The number of nitriles is 1. The summed E-state index contributed by atoms with van der Waals surface area (Å²) >= 11 is 5.92. The number of aromatic nitrogens is 1. The van der Waals surface area contributed by atoms with Crippen molar-refractivity contribution in [1.29, 1.82) is 5.26 Å². The van der Waals surface area contributed by atoms with Crippen LogP contribution in [-0.4, -0.2) is 4.98 Å². The number of nitrogens with zero attached hydrogens (tertiary/aromatic N) is 2. The van der Waals surface area contributed by atoms with E-state index in [0.717, 1.165) is 5.69 Å². The molecule has 0 fully saturated rings. The van der Waals surface area contributed by atoms with Gasteiger partial charge in [-0.25, -0.2) is 0 Å². The van der Waals surface area contributed by atoms with Crippen molar-refractivity contribution in [1.82, 2.24) is 4.98 Å². The summed E-state index contributed by atoms with van der Waals surface area (Å²) in [6.45, 7) is 0. The maximum atomic E-state index is 8.99. The third kappa shape index (κ3) is 2.13. The van der Waals surface area contributed by atoms with E-state index < -0.39 is 0 Å². The number of pyridine rings is 1. The average molecular weight is 230 g/mol. The number of benzene rings is 1. The van der Waals surface area contributed by atoms with Gasteiger partial charge in [-0.15, -0.1) is 0 Å². The summed E-state index contributed by atoms with van der Waals surface area (Å²) in [4.78, 5) is 3.98. The van der Waals surface area contributed by atoms with Gasteiger partial charge in [-0.1, -0.05) is 17.7 Å². The minimum Gasteiger partial charge on any atom is -0.353 e. The highest BCUT2D eigenvalue weighted by atomic mass is 35.5. The van der Waals surface area contributed by atoms with Crippen molar-refractivity contribution in [3.63, 3.8) is 0 Å². The zero-order chi connectivity index (χ0) is 11.4. The molecule has 0 aliphatic carbocycles. The highest BCUT2D eigenvalue weighted by Gasteiger charge is 2.05. The van der Waals surface area contributed by atoms with Gasteiger partial charge < -0.3 is 5.32 Å². The third-order valence-corrected chi connectivity index (χ3v) is 2.38. The first-order valence-corrected chi connectivity index (χ1v) is 5.04. The van der Waals surface area contributed by atoms with Crippen molar-refractivity contribution in [3.8, 4) is 6.07 Å². The molecule has 0 atom stereocenters. The second-order valence-corrected chi connectivity index (χ2v) is 3.55. The number of halogens is 1. The van der Waals surface area contributed by atoms with Gasteiger partial charge in [0.05, 0.1) is 28.2 Å². The van der Waals surface area contributed by atoms with E-state index >= 15 is 0 Å². The molecule has 1 aromatic carbocycles. The normalized spacial score (nSPS) is 9.50. The van der Waals surface area contributed by atoms with Crippen molar-refractivity contribution < 1.29 is 0 Å². The Balaban J connectivity index is 2.36. The molecule has 16 heavy (non-hydrogen) atoms. The van der Waals surface area contributed by atoms with Crippen LogP contribution in [0.4, 0.5) is 11.4 Å². The molecule has 1 N–H and O–H groups in total. The van der Waals surface area contributed by atoms with Crippen LogP contribution in [0.2, 0.25) is 5.02 Å². The molecule has 2 aromatic rings. The Morgan fingerprint density at radius 2 is 2.12 bits per heavy atom. The van der Waals surface area contributed by atoms with E-state index in [2.05, 4.69) is 16.4 Å². The first kappa shape index (κ1) is 10.5. The average Bonchev–Trinajstić information content (AvgIpc) is 2.31. The summed E-state index contributed by atoms with van der Waals surface area (Å²) in [6.07, 6.45) is 3.37. The minimum atomic E-state index is 0.438. The molecule has 3 nitrogen and oxygen atoms in total. The fourth-order valence-corrected chi connectivity index (χ4v) is 1.55. The summed E-state index contributed by atoms with van der Waals surface area (Å²) in [7, 11) is 0. The number of hydrogen-bond acceptors (Lipinski definition) is 3. The number of rotatable bonds is 2. The first-order valence-electron chi connectivity index (χ1n) is 4.67. The molecule has 0 spiro atoms. The molecule has 1 heterocycles. The molecule has 0 saturated heterocycles. The molecule has 0 radical (unpaired) electrons. The van der Waals surface area contributed by atoms with Gasteiger partial charge in [0.15, 0.2) is 0 Å². The highest BCUT2D eigenvalue weighted by molar-refractivity contribution is 6.32. The molecular formula is C12H8ClN3. The van der Waals surface area contributed by atoms with Crippen LogP contribution in [0.5, 0.6) is 0 Å². The molecule has 78 valence electrons. The van der Waals surface area contributed by atoms with E-state index in [0.29, 0.717) is 16.3 Å². The summed E-state index contributed by atoms with van der Waals surface area (Å²) in [5.74, 6) is 0. The Kier molecular flexibility index (Phi) is 3.04. The summed E-state index contributed by atoms with van der Waals surface area (Å²) in [5, 5.41) is 12.5. The lowest BCUT2D eigenvalue weighted by molar-refractivity contribution is 1.32. The lowest BCUT2D eigenvalue weighted by Crippen LogP contribution is -1.94. The largest absolute Gasteiger partial charge is 0.353 e. The molecule has 0 saturated carbocycles. The predicted octanol–water partition coefficient (Wildman–Crippen LogP) is 3.35. The molecular weight excluding hydrogens is 222 g/mol. The van der Waals surface area contributed by atoms with E-state index in [9.17, 15) is 0 Å². The van der Waals surface area contributed by atoms with Gasteiger partial charge in [0, 0.05) is 6.20 Å². The lowest BCUT2D eigenvalue weighted by atomic mass is 10.2. The Labute approximate surface area is 98.3 Å². The zero-order valence-electron chi connectivity index (χ0n) is 8.31. The quantitative estimate of drug-likeness (QED) is 0.859. The van der Waals surface area contributed by atoms with E-state index in [4.69, 9.17) is 16.9 Å². The van der Waals surface area contributed by atoms with Gasteiger partial charge in [-0.05, 0) is 24.3 Å². The predicted molar refractivity (Wildman–Crippen MR) is 63.7 cm³/mol. The van der Waals surface area contributed by atoms with Crippen LogP contribution in [0.3, 0.4) is 0 Å². The van der Waals surface area contributed by atoms with Crippen LogP contribution in [0.1, 0.15) is 5.56 Å². The summed E-state index contributed by atoms with van der Waals surface area (Å²) in [5.41, 5.74) is 1.94. The summed E-state index contributed by atoms with van der Waals surface area (Å²) < 4.78 is 0. The van der Waals surface area contributed by atoms with E-state index in [1.807, 2.05) is 12.1 Å². The Bertz CT molecular complexity index is 532. The van der Waals surface area contributed by atoms with Gasteiger partial charge in [0.2, 0.25) is 0 Å². The highest BCUT2D eigenvalue weighted by Crippen LogP contribution is 2.25. The number of hydrogen-bond donors (Lipinski definition) is 1. The van der Waals surface area contributed by atoms with Crippen molar-refractivity contribution in [3.05, 3.63) is 53.3 Å². The fraction of sp³-hybridized carbons (Fsp3) is 0. The monoisotopic (exact) mass is 229 g/mol. The minimum absolute atomic E-state index is 0.438. The van der Waals surface area contributed by atoms with Gasteiger partial charge >= 0.3 is 0 Å². The van der Waals surface area contributed by atoms with E-state index in [1.165, 1.54) is 0 Å². The van der Waals surface area contributed by atoms with Gasteiger partial charge in [0.25, 0.3) is 0 Å². The lowest BCUT2D eigenvalue weighted by Gasteiger charge is -2.08. The van der Waals surface area contributed by atoms with Crippen LogP contribution in [0.15, 0.2) is 42.7 Å². The van der Waals surface area contributed by atoms with Crippen molar-refractivity contribution in [2.45, 2.75) is 0 Å². The maximum Gasteiger partial charge on any atom is 0.103 e. The SMILES string of the molecule is N#Cc1c(Cl)cccc1Nc1cccnc1. The maximum absolute atomic E-state index is 8.99. The van der Waals surface area contributed by atoms with Gasteiger partial charge in [-0.3, -0.25) is 4.98 Å². The van der Waals surface area contributed by atoms with E-state index in [1.54, 1.807) is 30.6 Å². The van der Waals surface area contributed by atoms with Crippen LogP contribution >= 0.6 is 11.6 Å². The molecule has 4 heteroatoms. The molecule has 0 unspecified atom stereocenters. The first-order chi connectivity index (χ1) is 7.81. The Morgan fingerprint density at radius 1 is 1.25 bits per heavy atom. The van der Waals surface area contributed by atoms with Crippen LogP contribution in [0.25, 0.3) is 0 Å². The molecule has 2 rings (SSSR count). The smallest absolute Gasteiger partial charge is 0.103 e. The molecule has 0 bridgehead atoms. The van der Waals surface area contributed by atoms with Gasteiger partial charge in [0.1, 0.15) is 6.07 Å². The number of nitrogens with one attached hydrogen (secondary N) is 1. The zero-order valence-corrected chi connectivity index (χ0v) is 9.07. The van der Waals surface area contributed by atoms with Crippen molar-refractivity contribution in [2.75, 3.05) is 5.32 Å². The Morgan fingerprint density at radius 3 is 2.81 bits per heavy atom. The van der Waals surface area contributed by atoms with Crippen molar-refractivity contribution >= 4 is 23.0 Å². The van der Waals surface area contributed by atoms with E-state index in [-0.39, 0.29) is 0 Å². The van der Waals surface area contributed by atoms with Crippen LogP contribution in [0, 0.1) is 11.3 Å². The summed E-state index contributed by atoms with van der Waals surface area (Å²) in [6, 6.07) is 11.0. The molecule has 0 aliphatic heterocycles. The molecule has 1 aromatic heterocycles. The second kappa shape index (κ2) is 4.65. The standard InChI is InChI=1S/C12H8ClN3/c13-11-4-1-5-12(10(11)7-14)16-9-3-2-6-15-8-9/h1-6,8,16H.